The van der Waals surface area contributed by atoms with Crippen LogP contribution in [-0.2, 0) is 4.79 Å². The molecular weight excluding hydrogens is 204 g/mol. The van der Waals surface area contributed by atoms with Gasteiger partial charge in [-0.1, -0.05) is 0 Å². The third-order valence-electron chi connectivity index (χ3n) is 1.40. The highest BCUT2D eigenvalue weighted by atomic mass is 35.5. The van der Waals surface area contributed by atoms with Crippen LogP contribution >= 0.6 is 11.6 Å². The molecule has 0 aliphatic carbocycles. The monoisotopic (exact) mass is 216 g/mol. The molecule has 0 aromatic carbocycles. The third-order valence-corrected chi connectivity index (χ3v) is 1.60. The summed E-state index contributed by atoms with van der Waals surface area (Å²) in [5, 5.41) is 3.84. The maximum Gasteiger partial charge on any atom is 0.321 e. The average Bonchev–Trinajstić information content (AvgIpc) is 2.03. The van der Waals surface area contributed by atoms with Gasteiger partial charge < -0.3 is 5.32 Å². The van der Waals surface area contributed by atoms with Crippen molar-refractivity contribution < 1.29 is 9.59 Å². The molecule has 2 N–H and O–H groups in total. The lowest BCUT2D eigenvalue weighted by Crippen LogP contribution is -2.45. The van der Waals surface area contributed by atoms with Gasteiger partial charge in [-0.05, 0) is 13.8 Å². The number of halogens is 1. The molecule has 14 heavy (non-hydrogen) atoms. The van der Waals surface area contributed by atoms with E-state index in [0.717, 1.165) is 0 Å². The van der Waals surface area contributed by atoms with E-state index in [-0.39, 0.29) is 6.04 Å². The Hall–Kier alpha value is -1.21. The fourth-order valence-electron chi connectivity index (χ4n) is 0.699. The lowest BCUT2D eigenvalue weighted by atomic mass is 10.2. The van der Waals surface area contributed by atoms with Gasteiger partial charge in [0.15, 0.2) is 0 Å². The predicted molar refractivity (Wildman–Crippen MR) is 54.9 cm³/mol. The molecule has 0 bridgehead atoms. The summed E-state index contributed by atoms with van der Waals surface area (Å²) in [6.07, 6.45) is 5.46. The van der Waals surface area contributed by atoms with E-state index in [1.54, 1.807) is 6.92 Å². The van der Waals surface area contributed by atoms with Gasteiger partial charge in [-0.2, -0.15) is 0 Å². The molecule has 0 fully saturated rings. The molecule has 0 aliphatic heterocycles. The molecule has 0 aromatic rings. The van der Waals surface area contributed by atoms with Gasteiger partial charge in [0, 0.05) is 12.5 Å². The first kappa shape index (κ1) is 12.8. The summed E-state index contributed by atoms with van der Waals surface area (Å²) < 4.78 is 0. The van der Waals surface area contributed by atoms with Gasteiger partial charge in [0.05, 0.1) is 0 Å². The van der Waals surface area contributed by atoms with E-state index in [2.05, 4.69) is 16.6 Å². The van der Waals surface area contributed by atoms with Gasteiger partial charge in [0.25, 0.3) is 0 Å². The van der Waals surface area contributed by atoms with Crippen LogP contribution in [0.15, 0.2) is 0 Å². The Labute approximate surface area is 88.4 Å². The summed E-state index contributed by atoms with van der Waals surface area (Å²) in [6, 6.07) is -0.747. The van der Waals surface area contributed by atoms with Crippen LogP contribution in [0.1, 0.15) is 20.3 Å². The minimum Gasteiger partial charge on any atom is -0.334 e. The normalized spacial score (nSPS) is 13.6. The number of amides is 3. The molecule has 0 radical (unpaired) electrons. The van der Waals surface area contributed by atoms with Crippen molar-refractivity contribution in [3.63, 3.8) is 0 Å². The zero-order valence-corrected chi connectivity index (χ0v) is 8.89. The van der Waals surface area contributed by atoms with Crippen LogP contribution in [0, 0.1) is 12.3 Å². The van der Waals surface area contributed by atoms with Gasteiger partial charge >= 0.3 is 6.03 Å². The Morgan fingerprint density at radius 2 is 2.07 bits per heavy atom. The summed E-state index contributed by atoms with van der Waals surface area (Å²) in [7, 11) is 0. The fraction of sp³-hybridized carbons (Fsp3) is 0.556. The number of nitrogens with one attached hydrogen (secondary N) is 2. The van der Waals surface area contributed by atoms with Crippen molar-refractivity contribution in [1.82, 2.24) is 10.6 Å². The largest absolute Gasteiger partial charge is 0.334 e. The summed E-state index contributed by atoms with van der Waals surface area (Å²) in [4.78, 5) is 22.0. The summed E-state index contributed by atoms with van der Waals surface area (Å²) >= 11 is 5.45. The number of urea groups is 1. The second-order valence-electron chi connectivity index (χ2n) is 2.89. The zero-order valence-electron chi connectivity index (χ0n) is 8.13. The molecule has 2 atom stereocenters. The molecule has 4 nitrogen and oxygen atoms in total. The minimum absolute atomic E-state index is 0.168. The third kappa shape index (κ3) is 5.44. The van der Waals surface area contributed by atoms with Crippen LogP contribution in [0.2, 0.25) is 0 Å². The van der Waals surface area contributed by atoms with Crippen LogP contribution in [0.5, 0.6) is 0 Å². The molecule has 0 heterocycles. The lowest BCUT2D eigenvalue weighted by molar-refractivity contribution is -0.119. The number of carbonyl (C=O) groups is 2. The molecule has 0 saturated carbocycles. The first-order valence-corrected chi connectivity index (χ1v) is 4.60. The van der Waals surface area contributed by atoms with Crippen LogP contribution in [-0.4, -0.2) is 23.4 Å². The first-order valence-electron chi connectivity index (χ1n) is 4.16. The SMILES string of the molecule is C#CCC(C)NC(=O)NC(=O)C(C)Cl. The summed E-state index contributed by atoms with van der Waals surface area (Å²) in [5.74, 6) is 1.86. The molecule has 0 saturated heterocycles. The Kier molecular flexibility index (Phi) is 5.73. The Morgan fingerprint density at radius 1 is 1.50 bits per heavy atom. The average molecular weight is 217 g/mol. The first-order chi connectivity index (χ1) is 6.47. The van der Waals surface area contributed by atoms with Crippen LogP contribution in [0.25, 0.3) is 0 Å². The van der Waals surface area contributed by atoms with Crippen molar-refractivity contribution in [2.75, 3.05) is 0 Å². The molecule has 0 rings (SSSR count). The molecule has 5 heteroatoms. The highest BCUT2D eigenvalue weighted by molar-refractivity contribution is 6.31. The van der Waals surface area contributed by atoms with E-state index in [4.69, 9.17) is 18.0 Å². The number of terminal acetylenes is 1. The second-order valence-corrected chi connectivity index (χ2v) is 3.54. The van der Waals surface area contributed by atoms with E-state index >= 15 is 0 Å². The van der Waals surface area contributed by atoms with Gasteiger partial charge in [0.2, 0.25) is 5.91 Å². The maximum absolute atomic E-state index is 11.1. The number of hydrogen-bond donors (Lipinski definition) is 2. The van der Waals surface area contributed by atoms with Crippen LogP contribution in [0.3, 0.4) is 0 Å². The molecular formula is C9H13ClN2O2. The number of hydrogen-bond acceptors (Lipinski definition) is 2. The molecule has 0 aromatic heterocycles. The number of alkyl halides is 1. The Bertz CT molecular complexity index is 258. The lowest BCUT2D eigenvalue weighted by Gasteiger charge is -2.11. The fourth-order valence-corrected chi connectivity index (χ4v) is 0.754. The molecule has 0 spiro atoms. The molecule has 2 unspecified atom stereocenters. The topological polar surface area (TPSA) is 58.2 Å². The number of carbonyl (C=O) groups excluding carboxylic acids is 2. The van der Waals surface area contributed by atoms with Crippen molar-refractivity contribution in [2.24, 2.45) is 0 Å². The standard InChI is InChI=1S/C9H13ClN2O2/c1-4-5-6(2)11-9(14)12-8(13)7(3)10/h1,6-7H,5H2,2-3H3,(H2,11,12,13,14). The van der Waals surface area contributed by atoms with Gasteiger partial charge in [0.1, 0.15) is 5.38 Å². The summed E-state index contributed by atoms with van der Waals surface area (Å²) in [5.41, 5.74) is 0. The number of rotatable bonds is 3. The minimum atomic E-state index is -0.733. The highest BCUT2D eigenvalue weighted by Gasteiger charge is 2.13. The van der Waals surface area contributed by atoms with Crippen molar-refractivity contribution in [3.8, 4) is 12.3 Å². The van der Waals surface area contributed by atoms with Gasteiger partial charge in [-0.15, -0.1) is 23.9 Å². The summed E-state index contributed by atoms with van der Waals surface area (Å²) in [6.45, 7) is 3.23. The predicted octanol–water partition coefficient (Wildman–Crippen LogP) is 0.851. The van der Waals surface area contributed by atoms with E-state index in [9.17, 15) is 9.59 Å². The van der Waals surface area contributed by atoms with Crippen molar-refractivity contribution in [2.45, 2.75) is 31.7 Å². The molecule has 3 amide bonds. The van der Waals surface area contributed by atoms with Gasteiger partial charge in [-0.25, -0.2) is 4.79 Å². The molecule has 78 valence electrons. The van der Waals surface area contributed by atoms with E-state index in [1.807, 2.05) is 0 Å². The van der Waals surface area contributed by atoms with Crippen LogP contribution in [0.4, 0.5) is 4.79 Å². The maximum atomic E-state index is 11.1. The second kappa shape index (κ2) is 6.28. The molecule has 0 aliphatic rings. The van der Waals surface area contributed by atoms with Gasteiger partial charge in [-0.3, -0.25) is 10.1 Å². The Morgan fingerprint density at radius 3 is 2.50 bits per heavy atom. The Balaban J connectivity index is 3.88. The van der Waals surface area contributed by atoms with E-state index in [1.165, 1.54) is 6.92 Å². The van der Waals surface area contributed by atoms with E-state index in [0.29, 0.717) is 6.42 Å². The van der Waals surface area contributed by atoms with Crippen LogP contribution < -0.4 is 10.6 Å². The quantitative estimate of drug-likeness (QED) is 0.543. The van der Waals surface area contributed by atoms with Crippen molar-refractivity contribution in [1.29, 1.82) is 0 Å². The smallest absolute Gasteiger partial charge is 0.321 e. The van der Waals surface area contributed by atoms with E-state index < -0.39 is 17.3 Å². The van der Waals surface area contributed by atoms with Crippen molar-refractivity contribution in [3.05, 3.63) is 0 Å². The number of imide groups is 1. The zero-order chi connectivity index (χ0) is 11.1. The van der Waals surface area contributed by atoms with Crippen molar-refractivity contribution >= 4 is 23.5 Å². The highest BCUT2D eigenvalue weighted by Crippen LogP contribution is 1.92.